The SMILES string of the molecule is CC1CC(c2ccc(C(OCc3ccccc3)(C(F)(F)F)C(F)(F)F)cc2)(S(=O)(=O)c2ccc(F)cc2)CCC1N. The zero-order valence-corrected chi connectivity index (χ0v) is 22.7. The van der Waals surface area contributed by atoms with Crippen LogP contribution in [0.4, 0.5) is 30.7 Å². The molecule has 12 heteroatoms. The van der Waals surface area contributed by atoms with Crippen molar-refractivity contribution in [2.45, 2.75) is 66.4 Å². The maximum absolute atomic E-state index is 14.3. The summed E-state index contributed by atoms with van der Waals surface area (Å²) in [5, 5.41) is 0. The van der Waals surface area contributed by atoms with Crippen LogP contribution >= 0.6 is 0 Å². The van der Waals surface area contributed by atoms with E-state index < -0.39 is 50.5 Å². The third-order valence-corrected chi connectivity index (χ3v) is 10.3. The van der Waals surface area contributed by atoms with E-state index in [0.717, 1.165) is 36.4 Å². The average Bonchev–Trinajstić information content (AvgIpc) is 2.90. The first-order chi connectivity index (χ1) is 19.0. The van der Waals surface area contributed by atoms with Crippen LogP contribution in [0.25, 0.3) is 0 Å². The topological polar surface area (TPSA) is 69.4 Å². The largest absolute Gasteiger partial charge is 0.430 e. The van der Waals surface area contributed by atoms with E-state index in [-0.39, 0.29) is 47.2 Å². The van der Waals surface area contributed by atoms with E-state index in [0.29, 0.717) is 12.1 Å². The Labute approximate surface area is 233 Å². The van der Waals surface area contributed by atoms with Crippen LogP contribution in [0.5, 0.6) is 0 Å². The molecule has 41 heavy (non-hydrogen) atoms. The summed E-state index contributed by atoms with van der Waals surface area (Å²) in [7, 11) is -4.30. The van der Waals surface area contributed by atoms with Crippen LogP contribution in [0.2, 0.25) is 0 Å². The van der Waals surface area contributed by atoms with Gasteiger partial charge in [0.25, 0.3) is 5.60 Å². The van der Waals surface area contributed by atoms with E-state index in [1.807, 2.05) is 0 Å². The molecule has 222 valence electrons. The second-order valence-corrected chi connectivity index (χ2v) is 12.6. The number of nitrogens with two attached hydrogens (primary N) is 1. The zero-order chi connectivity index (χ0) is 30.3. The smallest absolute Gasteiger partial charge is 0.349 e. The Morgan fingerprint density at radius 3 is 1.95 bits per heavy atom. The molecule has 0 spiro atoms. The molecule has 3 unspecified atom stereocenters. The molecule has 4 nitrogen and oxygen atoms in total. The van der Waals surface area contributed by atoms with Crippen LogP contribution in [0, 0.1) is 11.7 Å². The molecule has 3 aromatic rings. The first-order valence-corrected chi connectivity index (χ1v) is 14.2. The second-order valence-electron chi connectivity index (χ2n) is 10.4. The van der Waals surface area contributed by atoms with E-state index in [1.165, 1.54) is 24.3 Å². The third kappa shape index (κ3) is 5.49. The summed E-state index contributed by atoms with van der Waals surface area (Å²) in [6, 6.07) is 14.0. The van der Waals surface area contributed by atoms with Crippen molar-refractivity contribution in [3.05, 3.63) is 101 Å². The standard InChI is InChI=1S/C29H28F7NO3S/c1-19-17-26(16-15-25(19)37,41(38,39)24-13-11-23(30)12-14-24)21-7-9-22(10-8-21)27(28(31,32)33,29(34,35)36)40-18-20-5-3-2-4-6-20/h2-14,19,25H,15-18,37H2,1H3. The molecule has 0 saturated heterocycles. The van der Waals surface area contributed by atoms with Gasteiger partial charge in [0.2, 0.25) is 0 Å². The molecule has 3 atom stereocenters. The normalized spacial score (nSPS) is 22.5. The second kappa shape index (κ2) is 11.0. The van der Waals surface area contributed by atoms with E-state index in [2.05, 4.69) is 0 Å². The van der Waals surface area contributed by atoms with Crippen LogP contribution in [-0.4, -0.2) is 26.8 Å². The maximum atomic E-state index is 14.3. The van der Waals surface area contributed by atoms with Crippen molar-refractivity contribution in [2.75, 3.05) is 0 Å². The number of halogens is 7. The summed E-state index contributed by atoms with van der Waals surface area (Å²) in [5.74, 6) is -1.02. The van der Waals surface area contributed by atoms with Gasteiger partial charge in [-0.05, 0) is 60.6 Å². The number of ether oxygens (including phenoxy) is 1. The van der Waals surface area contributed by atoms with Gasteiger partial charge in [-0.3, -0.25) is 0 Å². The number of rotatable bonds is 7. The Bertz CT molecular complexity index is 1430. The van der Waals surface area contributed by atoms with Gasteiger partial charge in [-0.1, -0.05) is 61.5 Å². The molecular formula is C29H28F7NO3S. The molecule has 0 amide bonds. The molecule has 3 aromatic carbocycles. The summed E-state index contributed by atoms with van der Waals surface area (Å²) >= 11 is 0. The molecule has 0 bridgehead atoms. The molecule has 1 fully saturated rings. The number of benzene rings is 3. The monoisotopic (exact) mass is 603 g/mol. The minimum Gasteiger partial charge on any atom is -0.349 e. The minimum absolute atomic E-state index is 0.00522. The Morgan fingerprint density at radius 2 is 1.44 bits per heavy atom. The lowest BCUT2D eigenvalue weighted by Gasteiger charge is -2.43. The van der Waals surface area contributed by atoms with Gasteiger partial charge in [-0.2, -0.15) is 26.3 Å². The van der Waals surface area contributed by atoms with Crippen molar-refractivity contribution >= 4 is 9.84 Å². The van der Waals surface area contributed by atoms with Gasteiger partial charge in [0.1, 0.15) is 10.6 Å². The minimum atomic E-state index is -5.91. The maximum Gasteiger partial charge on any atom is 0.430 e. The fourth-order valence-electron chi connectivity index (χ4n) is 5.47. The Balaban J connectivity index is 1.84. The quantitative estimate of drug-likeness (QED) is 0.230. The van der Waals surface area contributed by atoms with E-state index in [1.54, 1.807) is 13.0 Å². The summed E-state index contributed by atoms with van der Waals surface area (Å²) in [6.07, 6.45) is -11.7. The highest BCUT2D eigenvalue weighted by Gasteiger charge is 2.73. The average molecular weight is 604 g/mol. The van der Waals surface area contributed by atoms with Crippen LogP contribution in [0.1, 0.15) is 42.9 Å². The van der Waals surface area contributed by atoms with Gasteiger partial charge < -0.3 is 10.5 Å². The molecule has 0 radical (unpaired) electrons. The summed E-state index contributed by atoms with van der Waals surface area (Å²) in [6.45, 7) is 0.739. The van der Waals surface area contributed by atoms with Gasteiger partial charge in [-0.15, -0.1) is 0 Å². The predicted molar refractivity (Wildman–Crippen MR) is 138 cm³/mol. The lowest BCUT2D eigenvalue weighted by molar-refractivity contribution is -0.392. The number of alkyl halides is 6. The Kier molecular flexibility index (Phi) is 8.34. The van der Waals surface area contributed by atoms with Gasteiger partial charge >= 0.3 is 12.4 Å². The predicted octanol–water partition coefficient (Wildman–Crippen LogP) is 7.18. The van der Waals surface area contributed by atoms with Gasteiger partial charge in [-0.25, -0.2) is 12.8 Å². The molecule has 1 aliphatic carbocycles. The first-order valence-electron chi connectivity index (χ1n) is 12.7. The van der Waals surface area contributed by atoms with Gasteiger partial charge in [0.05, 0.1) is 11.5 Å². The van der Waals surface area contributed by atoms with Crippen LogP contribution in [0.15, 0.2) is 83.8 Å². The fourth-order valence-corrected chi connectivity index (χ4v) is 7.73. The van der Waals surface area contributed by atoms with Crippen molar-refractivity contribution < 1.29 is 43.9 Å². The fraction of sp³-hybridized carbons (Fsp3) is 0.379. The molecule has 2 N–H and O–H groups in total. The van der Waals surface area contributed by atoms with Crippen molar-refractivity contribution in [3.8, 4) is 0 Å². The van der Waals surface area contributed by atoms with Crippen molar-refractivity contribution in [3.63, 3.8) is 0 Å². The van der Waals surface area contributed by atoms with E-state index >= 15 is 0 Å². The molecule has 0 heterocycles. The van der Waals surface area contributed by atoms with Gasteiger partial charge in [0.15, 0.2) is 9.84 Å². The molecule has 1 aliphatic rings. The highest BCUT2D eigenvalue weighted by molar-refractivity contribution is 7.92. The van der Waals surface area contributed by atoms with Crippen LogP contribution in [0.3, 0.4) is 0 Å². The molecular weight excluding hydrogens is 575 g/mol. The molecule has 4 rings (SSSR count). The zero-order valence-electron chi connectivity index (χ0n) is 21.8. The van der Waals surface area contributed by atoms with Crippen molar-refractivity contribution in [2.24, 2.45) is 11.7 Å². The van der Waals surface area contributed by atoms with E-state index in [9.17, 15) is 39.2 Å². The van der Waals surface area contributed by atoms with Gasteiger partial charge in [0, 0.05) is 11.6 Å². The molecule has 1 saturated carbocycles. The third-order valence-electron chi connectivity index (χ3n) is 7.82. The highest BCUT2D eigenvalue weighted by Crippen LogP contribution is 2.54. The number of hydrogen-bond acceptors (Lipinski definition) is 4. The lowest BCUT2D eigenvalue weighted by atomic mass is 9.75. The van der Waals surface area contributed by atoms with Crippen LogP contribution < -0.4 is 5.73 Å². The Morgan fingerprint density at radius 1 is 0.878 bits per heavy atom. The Hall–Kier alpha value is -2.96. The van der Waals surface area contributed by atoms with Crippen LogP contribution in [-0.2, 0) is 31.5 Å². The lowest BCUT2D eigenvalue weighted by Crippen LogP contribution is -2.56. The first kappa shape index (κ1) is 31.0. The summed E-state index contributed by atoms with van der Waals surface area (Å²) in [4.78, 5) is -0.225. The summed E-state index contributed by atoms with van der Waals surface area (Å²) in [5.41, 5.74) is 0.304. The molecule has 0 aromatic heterocycles. The van der Waals surface area contributed by atoms with Crippen molar-refractivity contribution in [1.29, 1.82) is 0 Å². The van der Waals surface area contributed by atoms with Crippen molar-refractivity contribution in [1.82, 2.24) is 0 Å². The highest BCUT2D eigenvalue weighted by atomic mass is 32.2. The number of sulfone groups is 1. The summed E-state index contributed by atoms with van der Waals surface area (Å²) < 4.78 is 131. The molecule has 0 aliphatic heterocycles. The number of hydrogen-bond donors (Lipinski definition) is 1. The van der Waals surface area contributed by atoms with E-state index in [4.69, 9.17) is 10.5 Å².